The number of hydrogen-bond donors (Lipinski definition) is 3. The van der Waals surface area contributed by atoms with Crippen molar-refractivity contribution in [2.24, 2.45) is 5.41 Å². The van der Waals surface area contributed by atoms with Crippen molar-refractivity contribution in [3.05, 3.63) is 29.3 Å². The van der Waals surface area contributed by atoms with Crippen molar-refractivity contribution >= 4 is 17.8 Å². The summed E-state index contributed by atoms with van der Waals surface area (Å²) in [7, 11) is 0. The quantitative estimate of drug-likeness (QED) is 0.508. The number of amides is 2. The van der Waals surface area contributed by atoms with Gasteiger partial charge >= 0.3 is 6.03 Å². The van der Waals surface area contributed by atoms with Crippen molar-refractivity contribution in [3.63, 3.8) is 0 Å². The molecule has 1 aromatic carbocycles. The minimum Gasteiger partial charge on any atom is -0.396 e. The van der Waals surface area contributed by atoms with Crippen molar-refractivity contribution < 1.29 is 9.90 Å². The maximum atomic E-state index is 11.8. The minimum atomic E-state index is -0.144. The summed E-state index contributed by atoms with van der Waals surface area (Å²) in [6.07, 6.45) is 3.79. The van der Waals surface area contributed by atoms with E-state index in [1.807, 2.05) is 20.1 Å². The summed E-state index contributed by atoms with van der Waals surface area (Å²) >= 11 is 1.69. The van der Waals surface area contributed by atoms with Gasteiger partial charge in [0.15, 0.2) is 0 Å². The fourth-order valence-electron chi connectivity index (χ4n) is 2.08. The summed E-state index contributed by atoms with van der Waals surface area (Å²) < 4.78 is 0. The first-order chi connectivity index (χ1) is 10.4. The van der Waals surface area contributed by atoms with Gasteiger partial charge in [-0.05, 0) is 48.6 Å². The van der Waals surface area contributed by atoms with Gasteiger partial charge in [-0.1, -0.05) is 26.0 Å². The van der Waals surface area contributed by atoms with E-state index in [9.17, 15) is 9.90 Å². The summed E-state index contributed by atoms with van der Waals surface area (Å²) in [4.78, 5) is 13.0. The molecule has 0 radical (unpaired) electrons. The van der Waals surface area contributed by atoms with Crippen LogP contribution in [-0.2, 0) is 6.54 Å². The van der Waals surface area contributed by atoms with Gasteiger partial charge in [0.2, 0.25) is 0 Å². The zero-order valence-electron chi connectivity index (χ0n) is 14.0. The third kappa shape index (κ3) is 6.71. The smallest absolute Gasteiger partial charge is 0.315 e. The standard InChI is InChI=1S/C17H28N2O2S/c1-13-6-7-14(15(10-13)22-4)11-19-16(21)18-9-5-8-17(2,3)12-20/h6-7,10,20H,5,8-9,11-12H2,1-4H3,(H2,18,19,21). The topological polar surface area (TPSA) is 61.4 Å². The molecular formula is C17H28N2O2S. The molecule has 0 atom stereocenters. The van der Waals surface area contributed by atoms with Crippen LogP contribution in [0.1, 0.15) is 37.8 Å². The number of benzene rings is 1. The lowest BCUT2D eigenvalue weighted by atomic mass is 9.89. The van der Waals surface area contributed by atoms with Gasteiger partial charge in [0.05, 0.1) is 0 Å². The number of urea groups is 1. The molecule has 0 aliphatic carbocycles. The van der Waals surface area contributed by atoms with Crippen molar-refractivity contribution in [2.75, 3.05) is 19.4 Å². The van der Waals surface area contributed by atoms with Crippen LogP contribution in [0.2, 0.25) is 0 Å². The molecule has 0 fully saturated rings. The monoisotopic (exact) mass is 324 g/mol. The molecule has 0 bridgehead atoms. The Morgan fingerprint density at radius 3 is 2.68 bits per heavy atom. The molecule has 0 saturated heterocycles. The zero-order chi connectivity index (χ0) is 16.6. The molecule has 1 aromatic rings. The number of aryl methyl sites for hydroxylation is 1. The Bertz CT molecular complexity index is 490. The molecule has 0 saturated carbocycles. The van der Waals surface area contributed by atoms with Gasteiger partial charge in [-0.3, -0.25) is 0 Å². The van der Waals surface area contributed by atoms with Crippen LogP contribution in [0.3, 0.4) is 0 Å². The second-order valence-corrected chi connectivity index (χ2v) is 7.20. The summed E-state index contributed by atoms with van der Waals surface area (Å²) in [5.74, 6) is 0. The highest BCUT2D eigenvalue weighted by atomic mass is 32.2. The molecule has 124 valence electrons. The molecule has 0 aromatic heterocycles. The predicted octanol–water partition coefficient (Wildman–Crippen LogP) is 3.31. The second-order valence-electron chi connectivity index (χ2n) is 6.35. The third-order valence-corrected chi connectivity index (χ3v) is 4.45. The lowest BCUT2D eigenvalue weighted by Gasteiger charge is -2.21. The highest BCUT2D eigenvalue weighted by Crippen LogP contribution is 2.22. The van der Waals surface area contributed by atoms with E-state index in [2.05, 4.69) is 35.8 Å². The summed E-state index contributed by atoms with van der Waals surface area (Å²) in [5, 5.41) is 14.9. The number of thioether (sulfide) groups is 1. The van der Waals surface area contributed by atoms with Gasteiger partial charge in [-0.2, -0.15) is 0 Å². The Balaban J connectivity index is 2.32. The number of aliphatic hydroxyl groups is 1. The Morgan fingerprint density at radius 2 is 2.05 bits per heavy atom. The van der Waals surface area contributed by atoms with Crippen LogP contribution in [0, 0.1) is 12.3 Å². The first-order valence-corrected chi connectivity index (χ1v) is 8.86. The SMILES string of the molecule is CSc1cc(C)ccc1CNC(=O)NCCCC(C)(C)CO. The Kier molecular flexibility index (Phi) is 7.76. The van der Waals surface area contributed by atoms with Crippen LogP contribution in [0.5, 0.6) is 0 Å². The molecular weight excluding hydrogens is 296 g/mol. The molecule has 0 aliphatic rings. The lowest BCUT2D eigenvalue weighted by Crippen LogP contribution is -2.36. The molecule has 3 N–H and O–H groups in total. The van der Waals surface area contributed by atoms with Crippen LogP contribution in [0.15, 0.2) is 23.1 Å². The number of rotatable bonds is 8. The van der Waals surface area contributed by atoms with E-state index in [4.69, 9.17) is 0 Å². The van der Waals surface area contributed by atoms with Crippen LogP contribution < -0.4 is 10.6 Å². The number of nitrogens with one attached hydrogen (secondary N) is 2. The molecule has 5 heteroatoms. The molecule has 4 nitrogen and oxygen atoms in total. The number of carbonyl (C=O) groups is 1. The van der Waals surface area contributed by atoms with Gasteiger partial charge in [0.25, 0.3) is 0 Å². The fraction of sp³-hybridized carbons (Fsp3) is 0.588. The maximum absolute atomic E-state index is 11.8. The maximum Gasteiger partial charge on any atom is 0.315 e. The van der Waals surface area contributed by atoms with Crippen LogP contribution in [0.25, 0.3) is 0 Å². The zero-order valence-corrected chi connectivity index (χ0v) is 14.8. The fourth-order valence-corrected chi connectivity index (χ4v) is 2.79. The third-order valence-electron chi connectivity index (χ3n) is 3.63. The lowest BCUT2D eigenvalue weighted by molar-refractivity contribution is 0.148. The molecule has 1 rings (SSSR count). The molecule has 2 amide bonds. The predicted molar refractivity (Wildman–Crippen MR) is 93.3 cm³/mol. The van der Waals surface area contributed by atoms with Crippen molar-refractivity contribution in [3.8, 4) is 0 Å². The number of hydrogen-bond acceptors (Lipinski definition) is 3. The number of carbonyl (C=O) groups excluding carboxylic acids is 1. The van der Waals surface area contributed by atoms with Gasteiger partial charge in [0, 0.05) is 24.6 Å². The highest BCUT2D eigenvalue weighted by molar-refractivity contribution is 7.98. The average Bonchev–Trinajstić information content (AvgIpc) is 2.50. The minimum absolute atomic E-state index is 0.0761. The highest BCUT2D eigenvalue weighted by Gasteiger charge is 2.15. The molecule has 0 unspecified atom stereocenters. The van der Waals surface area contributed by atoms with Gasteiger partial charge in [-0.15, -0.1) is 11.8 Å². The van der Waals surface area contributed by atoms with E-state index in [-0.39, 0.29) is 18.1 Å². The summed E-state index contributed by atoms with van der Waals surface area (Å²) in [6, 6.07) is 6.11. The van der Waals surface area contributed by atoms with E-state index < -0.39 is 0 Å². The Morgan fingerprint density at radius 1 is 1.32 bits per heavy atom. The molecule has 0 heterocycles. The first kappa shape index (κ1) is 18.8. The molecule has 0 aliphatic heterocycles. The average molecular weight is 324 g/mol. The van der Waals surface area contributed by atoms with Crippen molar-refractivity contribution in [1.29, 1.82) is 0 Å². The van der Waals surface area contributed by atoms with Gasteiger partial charge < -0.3 is 15.7 Å². The van der Waals surface area contributed by atoms with E-state index in [0.29, 0.717) is 13.1 Å². The van der Waals surface area contributed by atoms with E-state index >= 15 is 0 Å². The Hall–Kier alpha value is -1.20. The summed E-state index contributed by atoms with van der Waals surface area (Å²) in [5.41, 5.74) is 2.28. The van der Waals surface area contributed by atoms with E-state index in [1.54, 1.807) is 11.8 Å². The summed E-state index contributed by atoms with van der Waals surface area (Å²) in [6.45, 7) is 7.44. The van der Waals surface area contributed by atoms with Crippen LogP contribution >= 0.6 is 11.8 Å². The Labute approximate surface area is 138 Å². The van der Waals surface area contributed by atoms with E-state index in [1.165, 1.54) is 10.5 Å². The normalized spacial score (nSPS) is 11.3. The largest absolute Gasteiger partial charge is 0.396 e. The van der Waals surface area contributed by atoms with Crippen molar-refractivity contribution in [1.82, 2.24) is 10.6 Å². The second kappa shape index (κ2) is 9.06. The molecule has 0 spiro atoms. The van der Waals surface area contributed by atoms with E-state index in [0.717, 1.165) is 18.4 Å². The van der Waals surface area contributed by atoms with Gasteiger partial charge in [-0.25, -0.2) is 4.79 Å². The number of aliphatic hydroxyl groups excluding tert-OH is 1. The molecule has 22 heavy (non-hydrogen) atoms. The van der Waals surface area contributed by atoms with Crippen LogP contribution in [0.4, 0.5) is 4.79 Å². The van der Waals surface area contributed by atoms with Crippen LogP contribution in [-0.4, -0.2) is 30.5 Å². The van der Waals surface area contributed by atoms with Gasteiger partial charge in [0.1, 0.15) is 0 Å². The van der Waals surface area contributed by atoms with Crippen molar-refractivity contribution in [2.45, 2.75) is 45.1 Å². The first-order valence-electron chi connectivity index (χ1n) is 7.64.